The molecule has 0 saturated heterocycles. The summed E-state index contributed by atoms with van der Waals surface area (Å²) in [5.41, 5.74) is 2.60. The maximum Gasteiger partial charge on any atom is 0.251 e. The van der Waals surface area contributed by atoms with Crippen LogP contribution in [-0.2, 0) is 18.8 Å². The van der Waals surface area contributed by atoms with Crippen molar-refractivity contribution in [2.45, 2.75) is 30.9 Å². The molecule has 0 atom stereocenters. The number of thioether (sulfide) groups is 1. The van der Waals surface area contributed by atoms with Gasteiger partial charge in [0.25, 0.3) is 5.91 Å². The highest BCUT2D eigenvalue weighted by Gasteiger charge is 2.14. The Labute approximate surface area is 178 Å². The SMILES string of the molecule is CCn1c(SCc2cccc(C(=O)NCc3ccco3)c2)nnc1-c1cccnc1. The third kappa shape index (κ3) is 4.60. The van der Waals surface area contributed by atoms with Gasteiger partial charge in [-0.2, -0.15) is 0 Å². The molecule has 0 aliphatic carbocycles. The molecule has 1 aromatic carbocycles. The zero-order valence-corrected chi connectivity index (χ0v) is 17.3. The monoisotopic (exact) mass is 419 g/mol. The van der Waals surface area contributed by atoms with E-state index in [1.165, 1.54) is 0 Å². The van der Waals surface area contributed by atoms with E-state index in [0.717, 1.165) is 34.4 Å². The lowest BCUT2D eigenvalue weighted by molar-refractivity contribution is 0.0948. The lowest BCUT2D eigenvalue weighted by Crippen LogP contribution is -2.22. The molecule has 0 radical (unpaired) electrons. The average Bonchev–Trinajstić information content (AvgIpc) is 3.46. The molecule has 0 aliphatic rings. The van der Waals surface area contributed by atoms with Crippen LogP contribution in [0.5, 0.6) is 0 Å². The Bertz CT molecular complexity index is 1110. The number of aromatic nitrogens is 4. The number of carbonyl (C=O) groups excluding carboxylic acids is 1. The first-order chi connectivity index (χ1) is 14.7. The molecule has 0 saturated carbocycles. The lowest BCUT2D eigenvalue weighted by Gasteiger charge is -2.08. The van der Waals surface area contributed by atoms with E-state index in [1.54, 1.807) is 42.6 Å². The molecule has 1 amide bonds. The Balaban J connectivity index is 1.42. The molecule has 0 bridgehead atoms. The molecule has 4 aromatic rings. The van der Waals surface area contributed by atoms with Crippen LogP contribution in [0.25, 0.3) is 11.4 Å². The summed E-state index contributed by atoms with van der Waals surface area (Å²) in [5, 5.41) is 12.4. The maximum atomic E-state index is 12.4. The van der Waals surface area contributed by atoms with E-state index in [-0.39, 0.29) is 5.91 Å². The summed E-state index contributed by atoms with van der Waals surface area (Å²) in [4.78, 5) is 16.6. The van der Waals surface area contributed by atoms with Gasteiger partial charge in [0.1, 0.15) is 5.76 Å². The summed E-state index contributed by atoms with van der Waals surface area (Å²) in [6, 6.07) is 15.1. The summed E-state index contributed by atoms with van der Waals surface area (Å²) < 4.78 is 7.32. The Morgan fingerprint density at radius 2 is 2.10 bits per heavy atom. The highest BCUT2D eigenvalue weighted by atomic mass is 32.2. The minimum absolute atomic E-state index is 0.131. The zero-order chi connectivity index (χ0) is 20.8. The van der Waals surface area contributed by atoms with Crippen molar-refractivity contribution >= 4 is 17.7 Å². The van der Waals surface area contributed by atoms with E-state index in [1.807, 2.05) is 36.4 Å². The first-order valence-electron chi connectivity index (χ1n) is 9.60. The maximum absolute atomic E-state index is 12.4. The largest absolute Gasteiger partial charge is 0.467 e. The molecule has 152 valence electrons. The topological polar surface area (TPSA) is 85.8 Å². The van der Waals surface area contributed by atoms with Crippen LogP contribution in [0.4, 0.5) is 0 Å². The summed E-state index contributed by atoms with van der Waals surface area (Å²) in [5.74, 6) is 2.08. The van der Waals surface area contributed by atoms with Crippen molar-refractivity contribution in [3.8, 4) is 11.4 Å². The van der Waals surface area contributed by atoms with Gasteiger partial charge in [0.2, 0.25) is 0 Å². The summed E-state index contributed by atoms with van der Waals surface area (Å²) in [6.45, 7) is 3.19. The van der Waals surface area contributed by atoms with Gasteiger partial charge >= 0.3 is 0 Å². The Morgan fingerprint density at radius 3 is 2.87 bits per heavy atom. The number of furan rings is 1. The average molecular weight is 420 g/mol. The molecule has 1 N–H and O–H groups in total. The molecule has 8 heteroatoms. The Hall–Kier alpha value is -3.39. The minimum Gasteiger partial charge on any atom is -0.467 e. The minimum atomic E-state index is -0.131. The van der Waals surface area contributed by atoms with Crippen LogP contribution in [0, 0.1) is 0 Å². The van der Waals surface area contributed by atoms with Crippen molar-refractivity contribution in [3.63, 3.8) is 0 Å². The van der Waals surface area contributed by atoms with Crippen LogP contribution in [0.2, 0.25) is 0 Å². The fourth-order valence-electron chi connectivity index (χ4n) is 3.02. The van der Waals surface area contributed by atoms with Crippen LogP contribution in [0.1, 0.15) is 28.6 Å². The standard InChI is InChI=1S/C22H21N5O2S/c1-2-27-20(18-8-4-10-23-13-18)25-26-22(27)30-15-16-6-3-7-17(12-16)21(28)24-14-19-9-5-11-29-19/h3-13H,2,14-15H2,1H3,(H,24,28). The van der Waals surface area contributed by atoms with Crippen molar-refractivity contribution in [1.29, 1.82) is 0 Å². The number of carbonyl (C=O) groups is 1. The van der Waals surface area contributed by atoms with Crippen molar-refractivity contribution < 1.29 is 9.21 Å². The summed E-state index contributed by atoms with van der Waals surface area (Å²) in [7, 11) is 0. The predicted molar refractivity (Wildman–Crippen MR) is 115 cm³/mol. The van der Waals surface area contributed by atoms with Gasteiger partial charge in [-0.3, -0.25) is 9.78 Å². The van der Waals surface area contributed by atoms with E-state index in [2.05, 4.69) is 32.0 Å². The van der Waals surface area contributed by atoms with Crippen LogP contribution >= 0.6 is 11.8 Å². The van der Waals surface area contributed by atoms with Crippen molar-refractivity contribution in [3.05, 3.63) is 84.1 Å². The number of hydrogen-bond donors (Lipinski definition) is 1. The van der Waals surface area contributed by atoms with Crippen LogP contribution in [0.3, 0.4) is 0 Å². The highest BCUT2D eigenvalue weighted by molar-refractivity contribution is 7.98. The van der Waals surface area contributed by atoms with E-state index < -0.39 is 0 Å². The molecule has 0 aliphatic heterocycles. The fraction of sp³-hybridized carbons (Fsp3) is 0.182. The van der Waals surface area contributed by atoms with E-state index >= 15 is 0 Å². The molecular formula is C22H21N5O2S. The second-order valence-corrected chi connectivity index (χ2v) is 7.49. The van der Waals surface area contributed by atoms with Gasteiger partial charge in [-0.1, -0.05) is 23.9 Å². The van der Waals surface area contributed by atoms with Gasteiger partial charge in [0.15, 0.2) is 11.0 Å². The first kappa shape index (κ1) is 19.9. The number of pyridine rings is 1. The van der Waals surface area contributed by atoms with Crippen molar-refractivity contribution in [2.75, 3.05) is 0 Å². The van der Waals surface area contributed by atoms with E-state index in [4.69, 9.17) is 4.42 Å². The van der Waals surface area contributed by atoms with Crippen LogP contribution < -0.4 is 5.32 Å². The number of rotatable bonds is 8. The van der Waals surface area contributed by atoms with Gasteiger partial charge < -0.3 is 14.3 Å². The van der Waals surface area contributed by atoms with Crippen molar-refractivity contribution in [1.82, 2.24) is 25.1 Å². The van der Waals surface area contributed by atoms with Crippen LogP contribution in [-0.4, -0.2) is 25.7 Å². The molecule has 3 heterocycles. The Kier molecular flexibility index (Phi) is 6.24. The van der Waals surface area contributed by atoms with Gasteiger partial charge in [-0.25, -0.2) is 0 Å². The quantitative estimate of drug-likeness (QED) is 0.431. The predicted octanol–water partition coefficient (Wildman–Crippen LogP) is 4.18. The van der Waals surface area contributed by atoms with E-state index in [0.29, 0.717) is 17.9 Å². The van der Waals surface area contributed by atoms with Gasteiger partial charge in [-0.15, -0.1) is 10.2 Å². The van der Waals surface area contributed by atoms with Crippen LogP contribution in [0.15, 0.2) is 76.8 Å². The van der Waals surface area contributed by atoms with Gasteiger partial charge in [-0.05, 0) is 48.9 Å². The fourth-order valence-corrected chi connectivity index (χ4v) is 3.97. The third-order valence-corrected chi connectivity index (χ3v) is 5.55. The molecule has 0 unspecified atom stereocenters. The molecule has 0 fully saturated rings. The Morgan fingerprint density at radius 1 is 1.17 bits per heavy atom. The lowest BCUT2D eigenvalue weighted by atomic mass is 10.1. The number of benzene rings is 1. The highest BCUT2D eigenvalue weighted by Crippen LogP contribution is 2.26. The molecule has 7 nitrogen and oxygen atoms in total. The number of amides is 1. The molecule has 3 aromatic heterocycles. The molecular weight excluding hydrogens is 398 g/mol. The smallest absolute Gasteiger partial charge is 0.251 e. The number of hydrogen-bond acceptors (Lipinski definition) is 6. The van der Waals surface area contributed by atoms with Crippen molar-refractivity contribution in [2.24, 2.45) is 0 Å². The molecule has 30 heavy (non-hydrogen) atoms. The van der Waals surface area contributed by atoms with Gasteiger partial charge in [0, 0.05) is 35.8 Å². The second kappa shape index (κ2) is 9.41. The number of nitrogens with one attached hydrogen (secondary N) is 1. The number of nitrogens with zero attached hydrogens (tertiary/aromatic N) is 4. The van der Waals surface area contributed by atoms with E-state index in [9.17, 15) is 4.79 Å². The van der Waals surface area contributed by atoms with Gasteiger partial charge in [0.05, 0.1) is 12.8 Å². The zero-order valence-electron chi connectivity index (χ0n) is 16.5. The first-order valence-corrected chi connectivity index (χ1v) is 10.6. The third-order valence-electron chi connectivity index (χ3n) is 4.51. The second-order valence-electron chi connectivity index (χ2n) is 6.54. The summed E-state index contributed by atoms with van der Waals surface area (Å²) >= 11 is 1.59. The normalized spacial score (nSPS) is 10.8. The summed E-state index contributed by atoms with van der Waals surface area (Å²) in [6.07, 6.45) is 5.12. The molecule has 4 rings (SSSR count). The molecule has 0 spiro atoms.